The quantitative estimate of drug-likeness (QED) is 0.359. The zero-order chi connectivity index (χ0) is 27.4. The van der Waals surface area contributed by atoms with E-state index < -0.39 is 40.7 Å². The molecule has 2 atom stereocenters. The molecule has 13 heteroatoms. The number of benzene rings is 3. The van der Waals surface area contributed by atoms with E-state index >= 15 is 0 Å². The zero-order valence-corrected chi connectivity index (χ0v) is 22.6. The second kappa shape index (κ2) is 11.9. The highest BCUT2D eigenvalue weighted by Gasteiger charge is 2.44. The molecule has 1 heterocycles. The van der Waals surface area contributed by atoms with Crippen LogP contribution in [-0.2, 0) is 24.3 Å². The number of sulfonamides is 1. The molecule has 0 saturated carbocycles. The largest absolute Gasteiger partial charge is 0.455 e. The lowest BCUT2D eigenvalue weighted by molar-refractivity contribution is -0.150. The van der Waals surface area contributed by atoms with Crippen LogP contribution in [0.25, 0.3) is 0 Å². The van der Waals surface area contributed by atoms with Crippen LogP contribution in [0.5, 0.6) is 11.5 Å². The highest BCUT2D eigenvalue weighted by atomic mass is 35.5. The fraction of sp³-hybridized carbons (Fsp3) is 0.200. The second-order valence-electron chi connectivity index (χ2n) is 8.27. The van der Waals surface area contributed by atoms with Gasteiger partial charge in [0.1, 0.15) is 11.8 Å². The number of anilines is 1. The Labute approximate surface area is 233 Å². The summed E-state index contributed by atoms with van der Waals surface area (Å²) in [4.78, 5) is 25.2. The zero-order valence-electron chi connectivity index (χ0n) is 19.5. The lowest BCUT2D eigenvalue weighted by atomic mass is 10.2. The predicted molar refractivity (Wildman–Crippen MR) is 142 cm³/mol. The third-order valence-corrected chi connectivity index (χ3v) is 8.38. The smallest absolute Gasteiger partial charge is 0.325 e. The standard InChI is InChI=1S/C25H21Cl3N2O7S/c26-15-6-9-23(37-17-4-2-1-3-5-17)21(10-15)29-24(32)14-36-25(33)22-11-16(31)13-30(22)38(34,35)18-7-8-19(27)20(28)12-18/h1-10,12,16,22,31H,11,13-14H2,(H,29,32)/t16-,22+/m1/s1. The summed E-state index contributed by atoms with van der Waals surface area (Å²) in [7, 11) is -4.23. The average molecular weight is 600 g/mol. The molecule has 200 valence electrons. The van der Waals surface area contributed by atoms with Crippen molar-refractivity contribution in [1.82, 2.24) is 4.31 Å². The Morgan fingerprint density at radius 1 is 1.00 bits per heavy atom. The summed E-state index contributed by atoms with van der Waals surface area (Å²) in [6.07, 6.45) is -1.31. The Morgan fingerprint density at radius 2 is 1.74 bits per heavy atom. The number of hydrogen-bond acceptors (Lipinski definition) is 7. The minimum absolute atomic E-state index is 0.0138. The van der Waals surface area contributed by atoms with Gasteiger partial charge in [0, 0.05) is 18.0 Å². The van der Waals surface area contributed by atoms with Gasteiger partial charge < -0.3 is 19.9 Å². The van der Waals surface area contributed by atoms with Gasteiger partial charge in [0.15, 0.2) is 12.4 Å². The van der Waals surface area contributed by atoms with Gasteiger partial charge in [-0.3, -0.25) is 9.59 Å². The number of para-hydroxylation sites is 1. The van der Waals surface area contributed by atoms with Crippen LogP contribution in [0.15, 0.2) is 71.6 Å². The van der Waals surface area contributed by atoms with E-state index in [1.165, 1.54) is 18.2 Å². The number of β-amino-alcohol motifs (C(OH)–C–C–N with tert-alkyl or cyclic N) is 1. The molecular formula is C25H21Cl3N2O7S. The predicted octanol–water partition coefficient (Wildman–Crippen LogP) is 4.74. The van der Waals surface area contributed by atoms with E-state index in [1.807, 2.05) is 6.07 Å². The van der Waals surface area contributed by atoms with Gasteiger partial charge in [0.2, 0.25) is 10.0 Å². The molecule has 1 aliphatic heterocycles. The van der Waals surface area contributed by atoms with Crippen molar-refractivity contribution in [3.05, 3.63) is 81.8 Å². The first-order chi connectivity index (χ1) is 18.0. The molecule has 0 unspecified atom stereocenters. The van der Waals surface area contributed by atoms with Gasteiger partial charge in [-0.2, -0.15) is 4.31 Å². The number of carbonyl (C=O) groups excluding carboxylic acids is 2. The molecular weight excluding hydrogens is 579 g/mol. The highest BCUT2D eigenvalue weighted by molar-refractivity contribution is 7.89. The number of hydrogen-bond donors (Lipinski definition) is 2. The first-order valence-electron chi connectivity index (χ1n) is 11.2. The van der Waals surface area contributed by atoms with Crippen LogP contribution >= 0.6 is 34.8 Å². The number of amides is 1. The summed E-state index contributed by atoms with van der Waals surface area (Å²) in [5, 5.41) is 13.2. The van der Waals surface area contributed by atoms with E-state index in [1.54, 1.807) is 36.4 Å². The number of ether oxygens (including phenoxy) is 2. The van der Waals surface area contributed by atoms with Crippen LogP contribution in [-0.4, -0.2) is 55.0 Å². The van der Waals surface area contributed by atoms with E-state index in [-0.39, 0.29) is 33.6 Å². The fourth-order valence-corrected chi connectivity index (χ4v) is 5.95. The summed E-state index contributed by atoms with van der Waals surface area (Å²) in [6.45, 7) is -1.05. The van der Waals surface area contributed by atoms with Gasteiger partial charge in [-0.1, -0.05) is 53.0 Å². The Bertz CT molecular complexity index is 1450. The topological polar surface area (TPSA) is 122 Å². The molecule has 1 amide bonds. The second-order valence-corrected chi connectivity index (χ2v) is 11.4. The Morgan fingerprint density at radius 3 is 2.45 bits per heavy atom. The number of rotatable bonds is 8. The van der Waals surface area contributed by atoms with Gasteiger partial charge in [-0.25, -0.2) is 8.42 Å². The summed E-state index contributed by atoms with van der Waals surface area (Å²) < 4.78 is 38.0. The van der Waals surface area contributed by atoms with Crippen molar-refractivity contribution in [3.8, 4) is 11.5 Å². The maximum absolute atomic E-state index is 13.2. The summed E-state index contributed by atoms with van der Waals surface area (Å²) in [5.41, 5.74) is 0.238. The Kier molecular flexibility index (Phi) is 8.81. The molecule has 0 radical (unpaired) electrons. The molecule has 3 aromatic rings. The molecule has 1 aliphatic rings. The minimum atomic E-state index is -4.23. The number of nitrogens with zero attached hydrogens (tertiary/aromatic N) is 1. The number of halogens is 3. The molecule has 0 spiro atoms. The van der Waals surface area contributed by atoms with Crippen LogP contribution in [0.2, 0.25) is 15.1 Å². The van der Waals surface area contributed by atoms with Crippen LogP contribution in [0.3, 0.4) is 0 Å². The minimum Gasteiger partial charge on any atom is -0.455 e. The number of esters is 1. The van der Waals surface area contributed by atoms with Crippen molar-refractivity contribution < 1.29 is 32.6 Å². The third-order valence-electron chi connectivity index (χ3n) is 5.54. The van der Waals surface area contributed by atoms with Crippen molar-refractivity contribution in [2.75, 3.05) is 18.5 Å². The molecule has 1 saturated heterocycles. The van der Waals surface area contributed by atoms with E-state index in [0.717, 1.165) is 10.4 Å². The molecule has 4 rings (SSSR count). The monoisotopic (exact) mass is 598 g/mol. The maximum Gasteiger partial charge on any atom is 0.325 e. The summed E-state index contributed by atoms with van der Waals surface area (Å²) in [6, 6.07) is 15.8. The molecule has 0 aromatic heterocycles. The van der Waals surface area contributed by atoms with Gasteiger partial charge in [-0.05, 0) is 48.5 Å². The van der Waals surface area contributed by atoms with E-state index in [4.69, 9.17) is 44.3 Å². The normalized spacial score (nSPS) is 17.7. The Balaban J connectivity index is 1.43. The van der Waals surface area contributed by atoms with E-state index in [2.05, 4.69) is 5.32 Å². The van der Waals surface area contributed by atoms with Crippen molar-refractivity contribution in [2.24, 2.45) is 0 Å². The number of carbonyl (C=O) groups is 2. The number of nitrogens with one attached hydrogen (secondary N) is 1. The molecule has 0 bridgehead atoms. The van der Waals surface area contributed by atoms with Crippen LogP contribution in [0.4, 0.5) is 5.69 Å². The van der Waals surface area contributed by atoms with Crippen LogP contribution in [0, 0.1) is 0 Å². The van der Waals surface area contributed by atoms with E-state index in [0.29, 0.717) is 16.5 Å². The number of aliphatic hydroxyl groups is 1. The van der Waals surface area contributed by atoms with Gasteiger partial charge in [0.05, 0.1) is 26.7 Å². The fourth-order valence-electron chi connectivity index (χ4n) is 3.76. The van der Waals surface area contributed by atoms with Gasteiger partial charge in [-0.15, -0.1) is 0 Å². The van der Waals surface area contributed by atoms with Crippen molar-refractivity contribution in [2.45, 2.75) is 23.5 Å². The lowest BCUT2D eigenvalue weighted by Crippen LogP contribution is -2.42. The average Bonchev–Trinajstić information content (AvgIpc) is 3.29. The molecule has 1 fully saturated rings. The maximum atomic E-state index is 13.2. The van der Waals surface area contributed by atoms with Crippen molar-refractivity contribution in [1.29, 1.82) is 0 Å². The molecule has 9 nitrogen and oxygen atoms in total. The summed E-state index contributed by atoms with van der Waals surface area (Å²) >= 11 is 17.9. The third kappa shape index (κ3) is 6.58. The van der Waals surface area contributed by atoms with Gasteiger partial charge in [0.25, 0.3) is 5.91 Å². The first kappa shape index (κ1) is 28.2. The van der Waals surface area contributed by atoms with Crippen LogP contribution in [0.1, 0.15) is 6.42 Å². The van der Waals surface area contributed by atoms with Crippen molar-refractivity contribution in [3.63, 3.8) is 0 Å². The van der Waals surface area contributed by atoms with Crippen molar-refractivity contribution >= 4 is 62.4 Å². The van der Waals surface area contributed by atoms with E-state index in [9.17, 15) is 23.1 Å². The number of aliphatic hydroxyl groups excluding tert-OH is 1. The molecule has 3 aromatic carbocycles. The Hall–Kier alpha value is -2.86. The first-order valence-corrected chi connectivity index (χ1v) is 13.8. The highest BCUT2D eigenvalue weighted by Crippen LogP contribution is 2.33. The molecule has 0 aliphatic carbocycles. The molecule has 2 N–H and O–H groups in total. The van der Waals surface area contributed by atoms with Crippen LogP contribution < -0.4 is 10.1 Å². The van der Waals surface area contributed by atoms with Gasteiger partial charge >= 0.3 is 5.97 Å². The SMILES string of the molecule is O=C(COC(=O)[C@@H]1C[C@@H](O)CN1S(=O)(=O)c1ccc(Cl)c(Cl)c1)Nc1cc(Cl)ccc1Oc1ccccc1. The summed E-state index contributed by atoms with van der Waals surface area (Å²) in [5.74, 6) is -0.874. The lowest BCUT2D eigenvalue weighted by Gasteiger charge is -2.22. The molecule has 38 heavy (non-hydrogen) atoms.